The van der Waals surface area contributed by atoms with Crippen molar-refractivity contribution in [3.05, 3.63) is 70.9 Å². The molecule has 0 radical (unpaired) electrons. The van der Waals surface area contributed by atoms with Gasteiger partial charge in [0.1, 0.15) is 17.8 Å². The molecule has 1 amide bonds. The number of hydrogen-bond donors (Lipinski definition) is 1. The number of hydrogen-bond acceptors (Lipinski definition) is 6. The zero-order valence-electron chi connectivity index (χ0n) is 14.6. The Hall–Kier alpha value is -3.55. The van der Waals surface area contributed by atoms with Crippen LogP contribution in [0.25, 0.3) is 11.3 Å². The van der Waals surface area contributed by atoms with Crippen LogP contribution in [0.3, 0.4) is 0 Å². The first kappa shape index (κ1) is 16.9. The van der Waals surface area contributed by atoms with Crippen LogP contribution in [0.2, 0.25) is 0 Å². The van der Waals surface area contributed by atoms with Crippen molar-refractivity contribution in [1.82, 2.24) is 25.1 Å². The van der Waals surface area contributed by atoms with Gasteiger partial charge in [-0.15, -0.1) is 0 Å². The number of H-pyrrole nitrogens is 1. The number of carbonyl (C=O) groups excluding carboxylic acids is 1. The summed E-state index contributed by atoms with van der Waals surface area (Å²) in [6, 6.07) is 14.7. The normalized spacial score (nSPS) is 14.2. The Morgan fingerprint density at radius 1 is 0.963 bits per heavy atom. The van der Waals surface area contributed by atoms with Crippen molar-refractivity contribution in [3.8, 4) is 11.3 Å². The number of nitrogens with zero attached hydrogens (tertiary/aromatic N) is 5. The second-order valence-electron chi connectivity index (χ2n) is 6.21. The van der Waals surface area contributed by atoms with Gasteiger partial charge in [-0.1, -0.05) is 30.3 Å². The van der Waals surface area contributed by atoms with E-state index < -0.39 is 0 Å². The summed E-state index contributed by atoms with van der Waals surface area (Å²) < 4.78 is 0. The molecule has 8 heteroatoms. The molecule has 0 bridgehead atoms. The molecule has 0 atom stereocenters. The number of rotatable bonds is 3. The van der Waals surface area contributed by atoms with Crippen LogP contribution >= 0.6 is 0 Å². The lowest BCUT2D eigenvalue weighted by atomic mass is 10.1. The molecule has 2 aromatic heterocycles. The highest BCUT2D eigenvalue weighted by atomic mass is 16.2. The van der Waals surface area contributed by atoms with Gasteiger partial charge in [0.2, 0.25) is 0 Å². The van der Waals surface area contributed by atoms with Crippen LogP contribution in [0.4, 0.5) is 5.82 Å². The fourth-order valence-electron chi connectivity index (χ4n) is 3.05. The van der Waals surface area contributed by atoms with E-state index in [9.17, 15) is 9.59 Å². The Bertz CT molecular complexity index is 976. The Morgan fingerprint density at radius 2 is 1.74 bits per heavy atom. The molecule has 4 rings (SSSR count). The molecule has 1 fully saturated rings. The minimum absolute atomic E-state index is 0.182. The summed E-state index contributed by atoms with van der Waals surface area (Å²) in [5, 5.41) is 6.11. The predicted molar refractivity (Wildman–Crippen MR) is 100 cm³/mol. The van der Waals surface area contributed by atoms with Crippen LogP contribution in [0.5, 0.6) is 0 Å². The number of amides is 1. The Balaban J connectivity index is 1.44. The Kier molecular flexibility index (Phi) is 4.61. The van der Waals surface area contributed by atoms with Crippen LogP contribution in [0.1, 0.15) is 10.5 Å². The van der Waals surface area contributed by atoms with Gasteiger partial charge < -0.3 is 9.80 Å². The number of aromatic nitrogens is 4. The fourth-order valence-corrected chi connectivity index (χ4v) is 3.05. The van der Waals surface area contributed by atoms with E-state index in [0.29, 0.717) is 26.2 Å². The third kappa shape index (κ3) is 3.69. The van der Waals surface area contributed by atoms with E-state index in [1.54, 1.807) is 11.2 Å². The largest absolute Gasteiger partial charge is 0.353 e. The van der Waals surface area contributed by atoms with Gasteiger partial charge in [-0.2, -0.15) is 5.10 Å². The maximum absolute atomic E-state index is 12.5. The molecule has 3 aromatic rings. The highest BCUT2D eigenvalue weighted by Gasteiger charge is 2.24. The van der Waals surface area contributed by atoms with Gasteiger partial charge in [-0.3, -0.25) is 9.59 Å². The van der Waals surface area contributed by atoms with E-state index in [1.165, 1.54) is 12.1 Å². The lowest BCUT2D eigenvalue weighted by molar-refractivity contribution is 0.0739. The zero-order valence-corrected chi connectivity index (χ0v) is 14.6. The SMILES string of the molecule is O=C(c1ccc(=O)[nH]n1)N1CCN(c2cc(-c3ccccc3)ncn2)CC1. The number of nitrogens with one attached hydrogen (secondary N) is 1. The van der Waals surface area contributed by atoms with Gasteiger partial charge >= 0.3 is 0 Å². The number of carbonyl (C=O) groups is 1. The molecule has 8 nitrogen and oxygen atoms in total. The third-order valence-corrected chi connectivity index (χ3v) is 4.51. The summed E-state index contributed by atoms with van der Waals surface area (Å²) in [4.78, 5) is 36.2. The van der Waals surface area contributed by atoms with Crippen molar-refractivity contribution in [1.29, 1.82) is 0 Å². The lowest BCUT2D eigenvalue weighted by Crippen LogP contribution is -2.49. The number of piperazine rings is 1. The fraction of sp³-hybridized carbons (Fsp3) is 0.211. The molecule has 0 unspecified atom stereocenters. The van der Waals surface area contributed by atoms with Crippen LogP contribution in [0, 0.1) is 0 Å². The molecule has 3 heterocycles. The summed E-state index contributed by atoms with van der Waals surface area (Å²) in [7, 11) is 0. The highest BCUT2D eigenvalue weighted by Crippen LogP contribution is 2.21. The topological polar surface area (TPSA) is 95.1 Å². The molecule has 27 heavy (non-hydrogen) atoms. The smallest absolute Gasteiger partial charge is 0.274 e. The van der Waals surface area contributed by atoms with Crippen LogP contribution in [0.15, 0.2) is 59.7 Å². The molecule has 136 valence electrons. The quantitative estimate of drug-likeness (QED) is 0.752. The summed E-state index contributed by atoms with van der Waals surface area (Å²) >= 11 is 0. The molecule has 1 aromatic carbocycles. The molecule has 0 spiro atoms. The van der Waals surface area contributed by atoms with Gasteiger partial charge in [0.15, 0.2) is 0 Å². The number of aromatic amines is 1. The minimum Gasteiger partial charge on any atom is -0.353 e. The van der Waals surface area contributed by atoms with Crippen LogP contribution in [-0.2, 0) is 0 Å². The second-order valence-corrected chi connectivity index (χ2v) is 6.21. The van der Waals surface area contributed by atoms with Gasteiger partial charge in [0.05, 0.1) is 5.69 Å². The van der Waals surface area contributed by atoms with Gasteiger partial charge in [-0.25, -0.2) is 15.1 Å². The standard InChI is InChI=1S/C19H18N6O2/c26-18-7-6-15(22-23-18)19(27)25-10-8-24(9-11-25)17-12-16(20-13-21-17)14-4-2-1-3-5-14/h1-7,12-13H,8-11H2,(H,23,26). The molecular formula is C19H18N6O2. The Morgan fingerprint density at radius 3 is 2.44 bits per heavy atom. The average Bonchev–Trinajstić information content (AvgIpc) is 2.75. The summed E-state index contributed by atoms with van der Waals surface area (Å²) in [5.74, 6) is 0.664. The monoisotopic (exact) mass is 362 g/mol. The first-order chi connectivity index (χ1) is 13.2. The van der Waals surface area contributed by atoms with Crippen molar-refractivity contribution < 1.29 is 4.79 Å². The summed E-state index contributed by atoms with van der Waals surface area (Å²) in [6.07, 6.45) is 1.57. The van der Waals surface area contributed by atoms with E-state index in [2.05, 4.69) is 25.1 Å². The van der Waals surface area contributed by atoms with Crippen LogP contribution in [-0.4, -0.2) is 57.2 Å². The summed E-state index contributed by atoms with van der Waals surface area (Å²) in [6.45, 7) is 2.45. The zero-order chi connectivity index (χ0) is 18.6. The maximum Gasteiger partial charge on any atom is 0.274 e. The van der Waals surface area contributed by atoms with Crippen molar-refractivity contribution in [2.24, 2.45) is 0 Å². The molecule has 1 aliphatic heterocycles. The highest BCUT2D eigenvalue weighted by molar-refractivity contribution is 5.92. The molecular weight excluding hydrogens is 344 g/mol. The maximum atomic E-state index is 12.5. The van der Waals surface area contributed by atoms with E-state index in [-0.39, 0.29) is 17.2 Å². The van der Waals surface area contributed by atoms with Crippen LogP contribution < -0.4 is 10.5 Å². The number of benzene rings is 1. The second kappa shape index (κ2) is 7.36. The van der Waals surface area contributed by atoms with Crippen molar-refractivity contribution in [2.45, 2.75) is 0 Å². The molecule has 1 aliphatic rings. The van der Waals surface area contributed by atoms with E-state index in [0.717, 1.165) is 17.1 Å². The van der Waals surface area contributed by atoms with Crippen molar-refractivity contribution in [3.63, 3.8) is 0 Å². The van der Waals surface area contributed by atoms with Gasteiger partial charge in [-0.05, 0) is 6.07 Å². The minimum atomic E-state index is -0.325. The van der Waals surface area contributed by atoms with Gasteiger partial charge in [0.25, 0.3) is 11.5 Å². The first-order valence-electron chi connectivity index (χ1n) is 8.68. The van der Waals surface area contributed by atoms with Crippen molar-refractivity contribution >= 4 is 11.7 Å². The summed E-state index contributed by atoms with van der Waals surface area (Å²) in [5.41, 5.74) is 1.83. The average molecular weight is 362 g/mol. The molecule has 1 N–H and O–H groups in total. The van der Waals surface area contributed by atoms with Crippen molar-refractivity contribution in [2.75, 3.05) is 31.1 Å². The molecule has 1 saturated heterocycles. The molecule has 0 aliphatic carbocycles. The predicted octanol–water partition coefficient (Wildman–Crippen LogP) is 1.19. The lowest BCUT2D eigenvalue weighted by Gasteiger charge is -2.35. The Labute approximate surface area is 155 Å². The number of anilines is 1. The van der Waals surface area contributed by atoms with Gasteiger partial charge in [0, 0.05) is 43.9 Å². The van der Waals surface area contributed by atoms with E-state index in [4.69, 9.17) is 0 Å². The van der Waals surface area contributed by atoms with E-state index in [1.807, 2.05) is 36.4 Å². The van der Waals surface area contributed by atoms with E-state index >= 15 is 0 Å². The third-order valence-electron chi connectivity index (χ3n) is 4.51. The first-order valence-corrected chi connectivity index (χ1v) is 8.68. The molecule has 0 saturated carbocycles.